The van der Waals surface area contributed by atoms with Crippen molar-refractivity contribution in [2.45, 2.75) is 70.1 Å². The van der Waals surface area contributed by atoms with Gasteiger partial charge in [-0.15, -0.1) is 0 Å². The van der Waals surface area contributed by atoms with E-state index in [1.807, 2.05) is 6.07 Å². The molecule has 2 fully saturated rings. The van der Waals surface area contributed by atoms with Crippen LogP contribution in [0.1, 0.15) is 45.1 Å². The molecule has 4 rings (SSSR count). The number of imide groups is 1. The third kappa shape index (κ3) is 8.26. The fourth-order valence-corrected chi connectivity index (χ4v) is 5.15. The van der Waals surface area contributed by atoms with E-state index in [9.17, 15) is 38.9 Å². The second-order valence-corrected chi connectivity index (χ2v) is 10.9. The normalized spacial score (nSPS) is 18.2. The molecule has 2 aliphatic heterocycles. The van der Waals surface area contributed by atoms with Crippen molar-refractivity contribution < 1.29 is 33.7 Å². The fraction of sp³-hybridized carbons (Fsp3) is 0.400. The lowest BCUT2D eigenvalue weighted by molar-refractivity contribution is -0.384. The maximum atomic E-state index is 13.5. The summed E-state index contributed by atoms with van der Waals surface area (Å²) < 4.78 is 0. The number of carbonyl (C=O) groups is 6. The minimum absolute atomic E-state index is 0.0540. The molecule has 2 aliphatic rings. The highest BCUT2D eigenvalue weighted by Gasteiger charge is 2.38. The first-order chi connectivity index (χ1) is 21.4. The van der Waals surface area contributed by atoms with Crippen molar-refractivity contribution in [3.05, 3.63) is 70.3 Å². The van der Waals surface area contributed by atoms with Gasteiger partial charge < -0.3 is 20.9 Å². The topological polar surface area (TPSA) is 200 Å². The summed E-state index contributed by atoms with van der Waals surface area (Å²) in [5, 5.41) is 19.8. The van der Waals surface area contributed by atoms with Crippen LogP contribution in [0.25, 0.3) is 0 Å². The minimum atomic E-state index is -1.03. The Labute approximate surface area is 258 Å². The predicted octanol–water partition coefficient (Wildman–Crippen LogP) is 0.799. The van der Waals surface area contributed by atoms with Crippen LogP contribution in [0.2, 0.25) is 0 Å². The number of nitrogens with zero attached hydrogens (tertiary/aromatic N) is 3. The number of nitrogens with one attached hydrogen (secondary N) is 4. The highest BCUT2D eigenvalue weighted by atomic mass is 16.6. The Morgan fingerprint density at radius 3 is 2.18 bits per heavy atom. The van der Waals surface area contributed by atoms with Crippen LogP contribution in [-0.2, 0) is 35.2 Å². The standard InChI is InChI=1S/C30H35N7O8/c1-18(34-36-25(38)14-15-26(36)39)27(40)31-19(2)30(43)35-16-6-9-24(35)29(42)33-23(17-20-7-4-3-5-8-20)28(41)32-21-10-12-22(13-11-21)37(44)45/h3-5,7-8,10-13,18-19,23-24,34H,6,9,14-17H2,1-2H3,(H,31,40)(H,32,41)(H,33,42)/t18-,19-,23-,24-/m0/s1. The lowest BCUT2D eigenvalue weighted by Gasteiger charge is -2.29. The number of rotatable bonds is 12. The van der Waals surface area contributed by atoms with Gasteiger partial charge in [-0.3, -0.25) is 38.9 Å². The van der Waals surface area contributed by atoms with Crippen molar-refractivity contribution in [2.75, 3.05) is 11.9 Å². The van der Waals surface area contributed by atoms with E-state index in [4.69, 9.17) is 0 Å². The van der Waals surface area contributed by atoms with Crippen molar-refractivity contribution in [3.63, 3.8) is 0 Å². The van der Waals surface area contributed by atoms with Crippen molar-refractivity contribution in [2.24, 2.45) is 0 Å². The SMILES string of the molecule is C[C@H](NN1C(=O)CCC1=O)C(=O)N[C@@H](C)C(=O)N1CCC[C@H]1C(=O)N[C@@H](Cc1ccccc1)C(=O)Nc1ccc([N+](=O)[O-])cc1. The third-order valence-corrected chi connectivity index (χ3v) is 7.60. The number of nitro groups is 1. The number of non-ortho nitro benzene ring substituents is 1. The van der Waals surface area contributed by atoms with Gasteiger partial charge >= 0.3 is 0 Å². The number of hydrogen-bond acceptors (Lipinski definition) is 9. The Bertz CT molecular complexity index is 1450. The number of benzene rings is 2. The molecule has 15 heteroatoms. The number of carbonyl (C=O) groups excluding carboxylic acids is 6. The summed E-state index contributed by atoms with van der Waals surface area (Å²) in [7, 11) is 0. The summed E-state index contributed by atoms with van der Waals surface area (Å²) >= 11 is 0. The molecule has 6 amide bonds. The van der Waals surface area contributed by atoms with Crippen molar-refractivity contribution in [1.29, 1.82) is 0 Å². The summed E-state index contributed by atoms with van der Waals surface area (Å²) in [6.07, 6.45) is 1.12. The van der Waals surface area contributed by atoms with E-state index in [0.717, 1.165) is 10.6 Å². The van der Waals surface area contributed by atoms with Crippen LogP contribution in [0, 0.1) is 10.1 Å². The number of hydrogen-bond donors (Lipinski definition) is 4. The molecule has 15 nitrogen and oxygen atoms in total. The lowest BCUT2D eigenvalue weighted by Crippen LogP contribution is -2.58. The van der Waals surface area contributed by atoms with Crippen LogP contribution in [-0.4, -0.2) is 81.0 Å². The molecule has 2 saturated heterocycles. The Hall–Kier alpha value is -5.18. The molecule has 4 atom stereocenters. The number of nitro benzene ring substituents is 1. The summed E-state index contributed by atoms with van der Waals surface area (Å²) in [6.45, 7) is 3.19. The van der Waals surface area contributed by atoms with Gasteiger partial charge in [0, 0.05) is 43.6 Å². The predicted molar refractivity (Wildman–Crippen MR) is 160 cm³/mol. The Morgan fingerprint density at radius 1 is 0.911 bits per heavy atom. The van der Waals surface area contributed by atoms with E-state index in [-0.39, 0.29) is 31.5 Å². The molecule has 45 heavy (non-hydrogen) atoms. The Balaban J connectivity index is 1.40. The zero-order valence-electron chi connectivity index (χ0n) is 24.9. The third-order valence-electron chi connectivity index (χ3n) is 7.60. The van der Waals surface area contributed by atoms with E-state index in [2.05, 4.69) is 21.4 Å². The van der Waals surface area contributed by atoms with Gasteiger partial charge in [-0.25, -0.2) is 10.4 Å². The van der Waals surface area contributed by atoms with Crippen molar-refractivity contribution in [1.82, 2.24) is 26.0 Å². The molecule has 0 bridgehead atoms. The average Bonchev–Trinajstić information content (AvgIpc) is 3.64. The van der Waals surface area contributed by atoms with E-state index >= 15 is 0 Å². The average molecular weight is 622 g/mol. The second-order valence-electron chi connectivity index (χ2n) is 10.9. The Kier molecular flexibility index (Phi) is 10.6. The summed E-state index contributed by atoms with van der Waals surface area (Å²) in [5.74, 6) is -3.09. The molecule has 0 aromatic heterocycles. The highest BCUT2D eigenvalue weighted by molar-refractivity contribution is 6.02. The molecular formula is C30H35N7O8. The molecule has 2 aromatic rings. The summed E-state index contributed by atoms with van der Waals surface area (Å²) in [6, 6.07) is 10.4. The van der Waals surface area contributed by atoms with E-state index < -0.39 is 64.5 Å². The van der Waals surface area contributed by atoms with Crippen molar-refractivity contribution >= 4 is 46.8 Å². The zero-order chi connectivity index (χ0) is 32.7. The van der Waals surface area contributed by atoms with Crippen molar-refractivity contribution in [3.8, 4) is 0 Å². The first kappa shape index (κ1) is 32.7. The van der Waals surface area contributed by atoms with Gasteiger partial charge in [-0.1, -0.05) is 30.3 Å². The number of likely N-dealkylation sites (tertiary alicyclic amines) is 1. The van der Waals surface area contributed by atoms with Gasteiger partial charge in [-0.2, -0.15) is 0 Å². The molecule has 238 valence electrons. The second kappa shape index (κ2) is 14.5. The van der Waals surface area contributed by atoms with Crippen LogP contribution in [0.4, 0.5) is 11.4 Å². The van der Waals surface area contributed by atoms with Crippen LogP contribution in [0.3, 0.4) is 0 Å². The van der Waals surface area contributed by atoms with Gasteiger partial charge in [0.1, 0.15) is 24.2 Å². The summed E-state index contributed by atoms with van der Waals surface area (Å²) in [5.41, 5.74) is 3.51. The Morgan fingerprint density at radius 2 is 1.56 bits per heavy atom. The monoisotopic (exact) mass is 621 g/mol. The number of anilines is 1. The maximum absolute atomic E-state index is 13.5. The minimum Gasteiger partial charge on any atom is -0.343 e. The fourth-order valence-electron chi connectivity index (χ4n) is 5.15. The van der Waals surface area contributed by atoms with E-state index in [1.165, 1.54) is 43.0 Å². The van der Waals surface area contributed by atoms with E-state index in [0.29, 0.717) is 18.5 Å². The largest absolute Gasteiger partial charge is 0.343 e. The lowest BCUT2D eigenvalue weighted by atomic mass is 10.0. The smallest absolute Gasteiger partial charge is 0.269 e. The van der Waals surface area contributed by atoms with Gasteiger partial charge in [0.2, 0.25) is 35.4 Å². The molecule has 0 unspecified atom stereocenters. The molecule has 4 N–H and O–H groups in total. The van der Waals surface area contributed by atoms with Crippen LogP contribution < -0.4 is 21.4 Å². The number of amides is 6. The zero-order valence-corrected chi connectivity index (χ0v) is 24.9. The van der Waals surface area contributed by atoms with Gasteiger partial charge in [0.25, 0.3) is 5.69 Å². The number of hydrazine groups is 1. The van der Waals surface area contributed by atoms with Crippen LogP contribution >= 0.6 is 0 Å². The molecule has 0 saturated carbocycles. The van der Waals surface area contributed by atoms with E-state index in [1.54, 1.807) is 24.3 Å². The molecule has 0 radical (unpaired) electrons. The highest BCUT2D eigenvalue weighted by Crippen LogP contribution is 2.20. The molecular weight excluding hydrogens is 586 g/mol. The molecule has 0 spiro atoms. The summed E-state index contributed by atoms with van der Waals surface area (Å²) in [4.78, 5) is 88.4. The first-order valence-corrected chi connectivity index (χ1v) is 14.6. The van der Waals surface area contributed by atoms with Crippen LogP contribution in [0.15, 0.2) is 54.6 Å². The van der Waals surface area contributed by atoms with Crippen LogP contribution in [0.5, 0.6) is 0 Å². The molecule has 2 aromatic carbocycles. The quantitative estimate of drug-likeness (QED) is 0.150. The maximum Gasteiger partial charge on any atom is 0.269 e. The first-order valence-electron chi connectivity index (χ1n) is 14.6. The molecule has 0 aliphatic carbocycles. The van der Waals surface area contributed by atoms with Gasteiger partial charge in [0.15, 0.2) is 0 Å². The molecule has 2 heterocycles. The van der Waals surface area contributed by atoms with Gasteiger partial charge in [-0.05, 0) is 44.4 Å². The van der Waals surface area contributed by atoms with Gasteiger partial charge in [0.05, 0.1) is 4.92 Å².